The molecule has 0 radical (unpaired) electrons. The minimum absolute atomic E-state index is 0.0101. The first-order valence-electron chi connectivity index (χ1n) is 11.6. The number of carbonyl (C=O) groups is 2. The number of aromatic nitrogens is 2. The van der Waals surface area contributed by atoms with Crippen LogP contribution in [-0.2, 0) is 4.79 Å². The SMILES string of the molecule is CC(C)COc1c(C(=O)O)cnn1C=CC(C)(C)C(=O)NC1C2CC3CC1CC(O)(C3)C2. The third-order valence-corrected chi connectivity index (χ3v) is 7.29. The van der Waals surface area contributed by atoms with Gasteiger partial charge in [-0.05, 0) is 69.6 Å². The van der Waals surface area contributed by atoms with Crippen LogP contribution in [0.15, 0.2) is 12.3 Å². The summed E-state index contributed by atoms with van der Waals surface area (Å²) in [6, 6.07) is 0.111. The number of nitrogens with one attached hydrogen (secondary N) is 1. The van der Waals surface area contributed by atoms with Gasteiger partial charge in [0.25, 0.3) is 0 Å². The minimum atomic E-state index is -1.11. The second-order valence-electron chi connectivity index (χ2n) is 11.0. The minimum Gasteiger partial charge on any atom is -0.477 e. The Morgan fingerprint density at radius 3 is 2.53 bits per heavy atom. The topological polar surface area (TPSA) is 114 Å². The molecule has 0 spiro atoms. The number of aromatic carboxylic acids is 1. The molecule has 0 aliphatic heterocycles. The normalized spacial score (nSPS) is 31.4. The fourth-order valence-electron chi connectivity index (χ4n) is 5.88. The van der Waals surface area contributed by atoms with Crippen molar-refractivity contribution in [2.24, 2.45) is 29.1 Å². The predicted octanol–water partition coefficient (Wildman–Crippen LogP) is 3.17. The molecule has 4 bridgehead atoms. The summed E-state index contributed by atoms with van der Waals surface area (Å²) in [7, 11) is 0. The highest BCUT2D eigenvalue weighted by Gasteiger charge is 2.55. The van der Waals surface area contributed by atoms with E-state index in [0.29, 0.717) is 24.4 Å². The lowest BCUT2D eigenvalue weighted by Gasteiger charge is -2.58. The van der Waals surface area contributed by atoms with Crippen molar-refractivity contribution in [3.8, 4) is 5.88 Å². The molecule has 1 heterocycles. The summed E-state index contributed by atoms with van der Waals surface area (Å²) in [6.07, 6.45) is 9.23. The van der Waals surface area contributed by atoms with Crippen LogP contribution in [0, 0.1) is 29.1 Å². The molecule has 4 aliphatic rings. The van der Waals surface area contributed by atoms with Gasteiger partial charge in [0.15, 0.2) is 0 Å². The van der Waals surface area contributed by atoms with E-state index in [9.17, 15) is 19.8 Å². The smallest absolute Gasteiger partial charge is 0.342 e. The fourth-order valence-corrected chi connectivity index (χ4v) is 5.88. The van der Waals surface area contributed by atoms with Crippen molar-refractivity contribution >= 4 is 18.1 Å². The van der Waals surface area contributed by atoms with Crippen LogP contribution >= 0.6 is 0 Å². The first-order valence-corrected chi connectivity index (χ1v) is 11.6. The molecule has 5 rings (SSSR count). The quantitative estimate of drug-likeness (QED) is 0.566. The summed E-state index contributed by atoms with van der Waals surface area (Å²) in [5.74, 6) is 0.479. The Morgan fingerprint density at radius 1 is 1.31 bits per heavy atom. The highest BCUT2D eigenvalue weighted by molar-refractivity contribution is 5.90. The van der Waals surface area contributed by atoms with Crippen LogP contribution in [0.25, 0.3) is 6.20 Å². The number of amides is 1. The second kappa shape index (κ2) is 8.21. The summed E-state index contributed by atoms with van der Waals surface area (Å²) < 4.78 is 7.07. The number of ether oxygens (including phenoxy) is 1. The first kappa shape index (κ1) is 22.8. The molecule has 4 saturated carbocycles. The molecule has 3 N–H and O–H groups in total. The van der Waals surface area contributed by atoms with Gasteiger partial charge in [0.2, 0.25) is 11.8 Å². The number of hydrogen-bond acceptors (Lipinski definition) is 5. The molecule has 1 aromatic rings. The molecule has 0 aromatic carbocycles. The van der Waals surface area contributed by atoms with Crippen molar-refractivity contribution in [2.45, 2.75) is 71.4 Å². The van der Waals surface area contributed by atoms with Gasteiger partial charge in [0.05, 0.1) is 23.8 Å². The summed E-state index contributed by atoms with van der Waals surface area (Å²) in [6.45, 7) is 7.99. The van der Waals surface area contributed by atoms with Crippen molar-refractivity contribution in [3.05, 3.63) is 17.8 Å². The number of carboxylic acid groups (broad SMARTS) is 1. The number of nitrogens with zero attached hydrogens (tertiary/aromatic N) is 2. The lowest BCUT2D eigenvalue weighted by molar-refractivity contribution is -0.149. The molecule has 4 aliphatic carbocycles. The van der Waals surface area contributed by atoms with Crippen molar-refractivity contribution in [1.82, 2.24) is 15.1 Å². The van der Waals surface area contributed by atoms with Gasteiger partial charge in [-0.15, -0.1) is 0 Å². The van der Waals surface area contributed by atoms with Crippen LogP contribution < -0.4 is 10.1 Å². The molecule has 4 fully saturated rings. The fraction of sp³-hybridized carbons (Fsp3) is 0.708. The lowest BCUT2D eigenvalue weighted by atomic mass is 9.52. The summed E-state index contributed by atoms with van der Waals surface area (Å²) in [4.78, 5) is 24.7. The van der Waals surface area contributed by atoms with Crippen LogP contribution in [0.2, 0.25) is 0 Å². The Labute approximate surface area is 189 Å². The van der Waals surface area contributed by atoms with Crippen molar-refractivity contribution < 1.29 is 24.5 Å². The van der Waals surface area contributed by atoms with Crippen LogP contribution in [0.3, 0.4) is 0 Å². The number of carbonyl (C=O) groups excluding carboxylic acids is 1. The first-order chi connectivity index (χ1) is 15.0. The molecular formula is C24H35N3O5. The van der Waals surface area contributed by atoms with Gasteiger partial charge in [-0.3, -0.25) is 4.79 Å². The second-order valence-corrected chi connectivity index (χ2v) is 11.0. The van der Waals surface area contributed by atoms with Gasteiger partial charge in [-0.2, -0.15) is 5.10 Å². The summed E-state index contributed by atoms with van der Waals surface area (Å²) in [5.41, 5.74) is -1.36. The molecular weight excluding hydrogens is 410 g/mol. The Hall–Kier alpha value is -2.35. The average Bonchev–Trinajstić information content (AvgIpc) is 3.09. The summed E-state index contributed by atoms with van der Waals surface area (Å²) >= 11 is 0. The zero-order valence-corrected chi connectivity index (χ0v) is 19.4. The molecule has 0 saturated heterocycles. The van der Waals surface area contributed by atoms with Gasteiger partial charge in [0.1, 0.15) is 5.56 Å². The standard InChI is InChI=1S/C24H35N3O5/c1-14(2)13-32-20-18(21(28)29)12-25-27(20)6-5-23(3,4)22(30)26-19-16-7-15-8-17(19)11-24(31,9-15)10-16/h5-6,12,14-17,19,31H,7-11,13H2,1-4H3,(H,26,30)(H,28,29). The van der Waals surface area contributed by atoms with E-state index in [4.69, 9.17) is 4.74 Å². The lowest BCUT2D eigenvalue weighted by Crippen LogP contribution is -2.62. The van der Waals surface area contributed by atoms with Crippen molar-refractivity contribution in [1.29, 1.82) is 0 Å². The van der Waals surface area contributed by atoms with Crippen LogP contribution in [0.5, 0.6) is 5.88 Å². The average molecular weight is 446 g/mol. The molecule has 2 atom stereocenters. The Balaban J connectivity index is 1.46. The highest BCUT2D eigenvalue weighted by atomic mass is 16.5. The van der Waals surface area contributed by atoms with Gasteiger partial charge in [0, 0.05) is 12.2 Å². The number of hydrogen-bond donors (Lipinski definition) is 3. The third kappa shape index (κ3) is 4.42. The highest BCUT2D eigenvalue weighted by Crippen LogP contribution is 2.55. The van der Waals surface area contributed by atoms with E-state index in [-0.39, 0.29) is 29.3 Å². The van der Waals surface area contributed by atoms with Gasteiger partial charge in [-0.25, -0.2) is 9.48 Å². The van der Waals surface area contributed by atoms with Crippen LogP contribution in [0.4, 0.5) is 0 Å². The summed E-state index contributed by atoms with van der Waals surface area (Å²) in [5, 5.41) is 27.6. The zero-order valence-electron chi connectivity index (χ0n) is 19.4. The molecule has 1 amide bonds. The van der Waals surface area contributed by atoms with Gasteiger partial charge < -0.3 is 20.3 Å². The maximum absolute atomic E-state index is 13.2. The number of rotatable bonds is 8. The molecule has 8 heteroatoms. The van der Waals surface area contributed by atoms with Gasteiger partial charge >= 0.3 is 5.97 Å². The zero-order chi connectivity index (χ0) is 23.3. The van der Waals surface area contributed by atoms with E-state index < -0.39 is 17.0 Å². The van der Waals surface area contributed by atoms with E-state index >= 15 is 0 Å². The molecule has 8 nitrogen and oxygen atoms in total. The largest absolute Gasteiger partial charge is 0.477 e. The van der Waals surface area contributed by atoms with E-state index in [1.54, 1.807) is 12.3 Å². The third-order valence-electron chi connectivity index (χ3n) is 7.29. The Bertz CT molecular complexity index is 903. The van der Waals surface area contributed by atoms with Gasteiger partial charge in [-0.1, -0.05) is 19.9 Å². The molecule has 1 aromatic heterocycles. The van der Waals surface area contributed by atoms with Crippen molar-refractivity contribution in [3.63, 3.8) is 0 Å². The molecule has 2 unspecified atom stereocenters. The predicted molar refractivity (Wildman–Crippen MR) is 119 cm³/mol. The molecule has 176 valence electrons. The number of carboxylic acids is 1. The van der Waals surface area contributed by atoms with E-state index in [0.717, 1.165) is 32.1 Å². The maximum Gasteiger partial charge on any atom is 0.342 e. The molecule has 32 heavy (non-hydrogen) atoms. The van der Waals surface area contributed by atoms with Crippen LogP contribution in [-0.4, -0.2) is 50.1 Å². The Kier molecular flexibility index (Phi) is 5.86. The maximum atomic E-state index is 13.2. The Morgan fingerprint density at radius 2 is 1.97 bits per heavy atom. The van der Waals surface area contributed by atoms with E-state index in [2.05, 4.69) is 10.4 Å². The van der Waals surface area contributed by atoms with E-state index in [1.807, 2.05) is 27.7 Å². The monoisotopic (exact) mass is 445 g/mol. The van der Waals surface area contributed by atoms with Crippen molar-refractivity contribution in [2.75, 3.05) is 6.61 Å². The van der Waals surface area contributed by atoms with Crippen LogP contribution in [0.1, 0.15) is 70.2 Å². The van der Waals surface area contributed by atoms with E-state index in [1.165, 1.54) is 10.9 Å². The number of aliphatic hydroxyl groups is 1.